The van der Waals surface area contributed by atoms with Crippen molar-refractivity contribution in [3.05, 3.63) is 63.8 Å². The van der Waals surface area contributed by atoms with E-state index in [1.807, 2.05) is 23.1 Å². The van der Waals surface area contributed by atoms with Crippen LogP contribution in [0.1, 0.15) is 34.5 Å². The summed E-state index contributed by atoms with van der Waals surface area (Å²) in [5, 5.41) is 4.61. The molecule has 1 aliphatic carbocycles. The van der Waals surface area contributed by atoms with E-state index in [2.05, 4.69) is 20.0 Å². The molecule has 0 unspecified atom stereocenters. The molecule has 31 heavy (non-hydrogen) atoms. The van der Waals surface area contributed by atoms with Gasteiger partial charge < -0.3 is 4.90 Å². The van der Waals surface area contributed by atoms with Crippen LogP contribution in [-0.4, -0.2) is 68.2 Å². The first-order valence-electron chi connectivity index (χ1n) is 11.0. The highest BCUT2D eigenvalue weighted by Crippen LogP contribution is 2.17. The Morgan fingerprint density at radius 2 is 1.68 bits per heavy atom. The average Bonchev–Trinajstić information content (AvgIpc) is 2.82. The van der Waals surface area contributed by atoms with E-state index < -0.39 is 0 Å². The van der Waals surface area contributed by atoms with Crippen molar-refractivity contribution in [2.75, 3.05) is 32.7 Å². The summed E-state index contributed by atoms with van der Waals surface area (Å²) in [6.07, 6.45) is 7.52. The lowest BCUT2D eigenvalue weighted by Crippen LogP contribution is -2.49. The van der Waals surface area contributed by atoms with Crippen molar-refractivity contribution in [2.45, 2.75) is 32.2 Å². The van der Waals surface area contributed by atoms with Crippen LogP contribution in [0.5, 0.6) is 0 Å². The number of benzene rings is 1. The van der Waals surface area contributed by atoms with Crippen LogP contribution in [0, 0.1) is 0 Å². The second-order valence-corrected chi connectivity index (χ2v) is 8.28. The number of carbonyl (C=O) groups excluding carboxylic acids is 1. The quantitative estimate of drug-likeness (QED) is 0.639. The van der Waals surface area contributed by atoms with Crippen LogP contribution in [0.4, 0.5) is 0 Å². The van der Waals surface area contributed by atoms with E-state index in [1.165, 1.54) is 0 Å². The molecule has 2 aromatic heterocycles. The third kappa shape index (κ3) is 4.20. The SMILES string of the molecule is O=C(c1ccc2nccnc2c1)N1CCN(CCn2nc3c(cc2=O)CCCC3)CC1. The molecule has 1 fully saturated rings. The molecule has 0 N–H and O–H groups in total. The van der Waals surface area contributed by atoms with Crippen molar-refractivity contribution in [3.63, 3.8) is 0 Å². The van der Waals surface area contributed by atoms with E-state index in [0.717, 1.165) is 67.6 Å². The largest absolute Gasteiger partial charge is 0.336 e. The topological polar surface area (TPSA) is 84.2 Å². The third-order valence-corrected chi connectivity index (χ3v) is 6.28. The van der Waals surface area contributed by atoms with Crippen LogP contribution < -0.4 is 5.56 Å². The van der Waals surface area contributed by atoms with E-state index >= 15 is 0 Å². The molecule has 1 saturated heterocycles. The van der Waals surface area contributed by atoms with Crippen molar-refractivity contribution >= 4 is 16.9 Å². The maximum Gasteiger partial charge on any atom is 0.267 e. The number of hydrogen-bond donors (Lipinski definition) is 0. The van der Waals surface area contributed by atoms with Gasteiger partial charge >= 0.3 is 0 Å². The summed E-state index contributed by atoms with van der Waals surface area (Å²) in [7, 11) is 0. The molecule has 2 aliphatic rings. The Morgan fingerprint density at radius 3 is 2.52 bits per heavy atom. The van der Waals surface area contributed by atoms with Gasteiger partial charge in [-0.3, -0.25) is 24.5 Å². The third-order valence-electron chi connectivity index (χ3n) is 6.28. The Labute approximate surface area is 180 Å². The molecule has 0 radical (unpaired) electrons. The molecule has 8 nitrogen and oxygen atoms in total. The number of fused-ring (bicyclic) bond motifs is 2. The lowest BCUT2D eigenvalue weighted by molar-refractivity contribution is 0.0631. The molecule has 3 heterocycles. The normalized spacial score (nSPS) is 17.0. The molecule has 1 aliphatic heterocycles. The van der Waals surface area contributed by atoms with Gasteiger partial charge in [0, 0.05) is 56.7 Å². The van der Waals surface area contributed by atoms with E-state index in [1.54, 1.807) is 23.1 Å². The van der Waals surface area contributed by atoms with E-state index in [0.29, 0.717) is 25.2 Å². The lowest BCUT2D eigenvalue weighted by Gasteiger charge is -2.34. The highest BCUT2D eigenvalue weighted by molar-refractivity contribution is 5.97. The molecule has 1 amide bonds. The smallest absolute Gasteiger partial charge is 0.267 e. The number of hydrogen-bond acceptors (Lipinski definition) is 6. The minimum Gasteiger partial charge on any atom is -0.336 e. The van der Waals surface area contributed by atoms with Crippen LogP contribution in [0.25, 0.3) is 11.0 Å². The van der Waals surface area contributed by atoms with E-state index in [9.17, 15) is 9.59 Å². The summed E-state index contributed by atoms with van der Waals surface area (Å²) in [5.41, 5.74) is 4.37. The second kappa shape index (κ2) is 8.55. The fourth-order valence-corrected chi connectivity index (χ4v) is 4.45. The Kier molecular flexibility index (Phi) is 5.46. The Morgan fingerprint density at radius 1 is 0.903 bits per heavy atom. The molecule has 3 aromatic rings. The number of aromatic nitrogens is 4. The molecule has 8 heteroatoms. The molecule has 0 spiro atoms. The van der Waals surface area contributed by atoms with Gasteiger partial charge in [-0.05, 0) is 49.4 Å². The summed E-state index contributed by atoms with van der Waals surface area (Å²) in [6.45, 7) is 4.27. The highest BCUT2D eigenvalue weighted by atomic mass is 16.2. The molecular formula is C23H26N6O2. The molecule has 5 rings (SSSR count). The highest BCUT2D eigenvalue weighted by Gasteiger charge is 2.22. The average molecular weight is 419 g/mol. The summed E-state index contributed by atoms with van der Waals surface area (Å²) in [4.78, 5) is 38.0. The summed E-state index contributed by atoms with van der Waals surface area (Å²) in [6, 6.07) is 7.24. The van der Waals surface area contributed by atoms with Crippen molar-refractivity contribution in [1.29, 1.82) is 0 Å². The Hall–Kier alpha value is -3.13. The monoisotopic (exact) mass is 418 g/mol. The van der Waals surface area contributed by atoms with Gasteiger partial charge in [-0.25, -0.2) is 4.68 Å². The van der Waals surface area contributed by atoms with Crippen LogP contribution in [0.3, 0.4) is 0 Å². The van der Waals surface area contributed by atoms with Crippen molar-refractivity contribution < 1.29 is 4.79 Å². The fraction of sp³-hybridized carbons (Fsp3) is 0.435. The molecule has 0 atom stereocenters. The molecule has 0 saturated carbocycles. The molecule has 1 aromatic carbocycles. The van der Waals surface area contributed by atoms with Crippen LogP contribution >= 0.6 is 0 Å². The molecule has 0 bridgehead atoms. The van der Waals surface area contributed by atoms with Crippen LogP contribution in [0.2, 0.25) is 0 Å². The van der Waals surface area contributed by atoms with Crippen LogP contribution in [-0.2, 0) is 19.4 Å². The molecule has 160 valence electrons. The van der Waals surface area contributed by atoms with Gasteiger partial charge in [0.1, 0.15) is 0 Å². The fourth-order valence-electron chi connectivity index (χ4n) is 4.45. The molecular weight excluding hydrogens is 392 g/mol. The minimum absolute atomic E-state index is 0.00568. The number of nitrogens with zero attached hydrogens (tertiary/aromatic N) is 6. The van der Waals surface area contributed by atoms with Crippen molar-refractivity contribution in [2.24, 2.45) is 0 Å². The summed E-state index contributed by atoms with van der Waals surface area (Å²) in [5.74, 6) is 0.0276. The van der Waals surface area contributed by atoms with E-state index in [-0.39, 0.29) is 11.5 Å². The summed E-state index contributed by atoms with van der Waals surface area (Å²) < 4.78 is 1.61. The van der Waals surface area contributed by atoms with Gasteiger partial charge in [0.2, 0.25) is 0 Å². The summed E-state index contributed by atoms with van der Waals surface area (Å²) >= 11 is 0. The Bertz CT molecular complexity index is 1170. The van der Waals surface area contributed by atoms with Gasteiger partial charge in [0.05, 0.1) is 23.3 Å². The predicted octanol–water partition coefficient (Wildman–Crippen LogP) is 1.52. The van der Waals surface area contributed by atoms with Gasteiger partial charge in [0.15, 0.2) is 0 Å². The van der Waals surface area contributed by atoms with Gasteiger partial charge in [-0.2, -0.15) is 5.10 Å². The van der Waals surface area contributed by atoms with Gasteiger partial charge in [0.25, 0.3) is 11.5 Å². The standard InChI is InChI=1S/C23H26N6O2/c30-22-16-17-3-1-2-4-19(17)26-29(22)14-11-27-9-12-28(13-10-27)23(31)18-5-6-20-21(15-18)25-8-7-24-20/h5-8,15-16H,1-4,9-14H2. The minimum atomic E-state index is -0.00568. The first-order valence-corrected chi connectivity index (χ1v) is 11.0. The maximum absolute atomic E-state index is 12.9. The zero-order chi connectivity index (χ0) is 21.2. The lowest BCUT2D eigenvalue weighted by atomic mass is 9.97. The number of aryl methyl sites for hydroxylation is 2. The van der Waals surface area contributed by atoms with Crippen LogP contribution in [0.15, 0.2) is 41.5 Å². The first-order chi connectivity index (χ1) is 15.2. The van der Waals surface area contributed by atoms with Crippen molar-refractivity contribution in [3.8, 4) is 0 Å². The number of carbonyl (C=O) groups is 1. The van der Waals surface area contributed by atoms with Gasteiger partial charge in [-0.15, -0.1) is 0 Å². The maximum atomic E-state index is 12.9. The number of rotatable bonds is 4. The van der Waals surface area contributed by atoms with Gasteiger partial charge in [-0.1, -0.05) is 0 Å². The Balaban J connectivity index is 1.18. The van der Waals surface area contributed by atoms with E-state index in [4.69, 9.17) is 0 Å². The number of piperazine rings is 1. The first kappa shape index (κ1) is 19.8. The zero-order valence-electron chi connectivity index (χ0n) is 17.5. The zero-order valence-corrected chi connectivity index (χ0v) is 17.5. The predicted molar refractivity (Wildman–Crippen MR) is 117 cm³/mol. The number of amides is 1. The van der Waals surface area contributed by atoms with Crippen molar-refractivity contribution in [1.82, 2.24) is 29.5 Å². The second-order valence-electron chi connectivity index (χ2n) is 8.28.